The van der Waals surface area contributed by atoms with Crippen molar-refractivity contribution in [2.75, 3.05) is 13.1 Å². The quantitative estimate of drug-likeness (QED) is 0.864. The van der Waals surface area contributed by atoms with E-state index in [0.717, 1.165) is 42.2 Å². The molecule has 2 heterocycles. The van der Waals surface area contributed by atoms with Gasteiger partial charge in [0.2, 0.25) is 0 Å². The van der Waals surface area contributed by atoms with Gasteiger partial charge < -0.3 is 9.32 Å². The normalized spacial score (nSPS) is 27.3. The van der Waals surface area contributed by atoms with Crippen LogP contribution in [0.1, 0.15) is 43.4 Å². The van der Waals surface area contributed by atoms with Crippen molar-refractivity contribution in [2.45, 2.75) is 46.1 Å². The van der Waals surface area contributed by atoms with Gasteiger partial charge in [0.25, 0.3) is 0 Å². The third-order valence-electron chi connectivity index (χ3n) is 5.56. The minimum absolute atomic E-state index is 0.206. The second kappa shape index (κ2) is 5.79. The maximum absolute atomic E-state index is 12.0. The molecule has 2 atom stereocenters. The maximum Gasteiger partial charge on any atom is 0.336 e. The second-order valence-electron chi connectivity index (χ2n) is 7.84. The monoisotopic (exact) mass is 312 g/mol. The molecular formula is C20H26NO2+. The van der Waals surface area contributed by atoms with E-state index in [4.69, 9.17) is 4.42 Å². The molecule has 2 aromatic rings. The third-order valence-corrected chi connectivity index (χ3v) is 5.56. The Morgan fingerprint density at radius 1 is 1.09 bits per heavy atom. The smallest absolute Gasteiger partial charge is 0.336 e. The summed E-state index contributed by atoms with van der Waals surface area (Å²) in [5.74, 6) is 1.54. The van der Waals surface area contributed by atoms with Gasteiger partial charge in [-0.1, -0.05) is 13.8 Å². The molecule has 3 heteroatoms. The first-order valence-corrected chi connectivity index (χ1v) is 9.00. The lowest BCUT2D eigenvalue weighted by Gasteiger charge is -2.32. The number of hydrogen-bond donors (Lipinski definition) is 1. The number of quaternary nitrogens is 1. The molecule has 3 nitrogen and oxygen atoms in total. The van der Waals surface area contributed by atoms with Gasteiger partial charge in [0.05, 0.1) is 13.1 Å². The lowest BCUT2D eigenvalue weighted by atomic mass is 9.91. The largest absolute Gasteiger partial charge is 0.423 e. The average Bonchev–Trinajstić information content (AvgIpc) is 2.91. The highest BCUT2D eigenvalue weighted by atomic mass is 16.4. The van der Waals surface area contributed by atoms with Crippen molar-refractivity contribution in [3.63, 3.8) is 0 Å². The van der Waals surface area contributed by atoms with E-state index in [1.807, 2.05) is 0 Å². The summed E-state index contributed by atoms with van der Waals surface area (Å²) in [7, 11) is 0. The van der Waals surface area contributed by atoms with Crippen molar-refractivity contribution in [1.29, 1.82) is 0 Å². The minimum atomic E-state index is -0.206. The zero-order valence-electron chi connectivity index (χ0n) is 14.2. The van der Waals surface area contributed by atoms with Gasteiger partial charge in [-0.3, -0.25) is 0 Å². The third kappa shape index (κ3) is 2.94. The highest BCUT2D eigenvalue weighted by molar-refractivity contribution is 5.82. The molecule has 0 amide bonds. The van der Waals surface area contributed by atoms with Crippen LogP contribution in [0.25, 0.3) is 11.0 Å². The van der Waals surface area contributed by atoms with Crippen molar-refractivity contribution in [1.82, 2.24) is 0 Å². The Morgan fingerprint density at radius 2 is 1.78 bits per heavy atom. The molecule has 1 aromatic heterocycles. The molecule has 0 unspecified atom stereocenters. The molecule has 122 valence electrons. The molecule has 0 radical (unpaired) electrons. The molecular weight excluding hydrogens is 286 g/mol. The number of rotatable bonds is 2. The van der Waals surface area contributed by atoms with Crippen LogP contribution in [0, 0.1) is 11.8 Å². The van der Waals surface area contributed by atoms with Crippen molar-refractivity contribution >= 4 is 11.0 Å². The number of benzene rings is 1. The molecule has 1 aromatic carbocycles. The first-order chi connectivity index (χ1) is 11.1. The molecule has 4 rings (SSSR count). The Labute approximate surface area is 137 Å². The first kappa shape index (κ1) is 14.9. The van der Waals surface area contributed by atoms with E-state index in [2.05, 4.69) is 26.0 Å². The molecule has 1 aliphatic heterocycles. The van der Waals surface area contributed by atoms with E-state index in [9.17, 15) is 4.79 Å². The van der Waals surface area contributed by atoms with E-state index in [1.54, 1.807) is 11.0 Å². The van der Waals surface area contributed by atoms with Crippen molar-refractivity contribution in [3.8, 4) is 0 Å². The van der Waals surface area contributed by atoms with Crippen LogP contribution >= 0.6 is 0 Å². The average molecular weight is 312 g/mol. The van der Waals surface area contributed by atoms with E-state index in [1.165, 1.54) is 42.6 Å². The Bertz CT molecular complexity index is 782. The van der Waals surface area contributed by atoms with Crippen LogP contribution in [0.15, 0.2) is 27.4 Å². The molecule has 1 N–H and O–H groups in total. The molecule has 1 aliphatic carbocycles. The minimum Gasteiger partial charge on any atom is -0.423 e. The number of nitrogens with one attached hydrogen (secondary N) is 1. The van der Waals surface area contributed by atoms with Gasteiger partial charge in [0.15, 0.2) is 0 Å². The molecule has 23 heavy (non-hydrogen) atoms. The Balaban J connectivity index is 1.72. The molecule has 2 aliphatic rings. The topological polar surface area (TPSA) is 34.7 Å². The first-order valence-electron chi connectivity index (χ1n) is 9.00. The van der Waals surface area contributed by atoms with Gasteiger partial charge in [0.1, 0.15) is 12.1 Å². The van der Waals surface area contributed by atoms with Crippen molar-refractivity contribution in [2.24, 2.45) is 11.8 Å². The number of piperidine rings is 1. The van der Waals surface area contributed by atoms with Crippen LogP contribution < -0.4 is 10.5 Å². The lowest BCUT2D eigenvalue weighted by Crippen LogP contribution is -3.13. The van der Waals surface area contributed by atoms with Crippen molar-refractivity contribution in [3.05, 3.63) is 45.3 Å². The molecule has 0 spiro atoms. The maximum atomic E-state index is 12.0. The predicted octanol–water partition coefficient (Wildman–Crippen LogP) is 2.34. The van der Waals surface area contributed by atoms with Crippen LogP contribution in [0.4, 0.5) is 0 Å². The summed E-state index contributed by atoms with van der Waals surface area (Å²) in [6, 6.07) is 6.12. The van der Waals surface area contributed by atoms with Crippen LogP contribution in [0.5, 0.6) is 0 Å². The number of aryl methyl sites for hydroxylation is 2. The summed E-state index contributed by atoms with van der Waals surface area (Å²) in [4.78, 5) is 13.6. The lowest BCUT2D eigenvalue weighted by molar-refractivity contribution is -0.925. The fourth-order valence-corrected chi connectivity index (χ4v) is 4.78. The molecule has 1 saturated heterocycles. The number of fused-ring (bicyclic) bond motifs is 2. The highest BCUT2D eigenvalue weighted by Crippen LogP contribution is 2.28. The fraction of sp³-hybridized carbons (Fsp3) is 0.550. The SMILES string of the molecule is C[C@@H]1C[C@@H](C)C[NH+](Cc2cc(=O)oc3cc4c(cc23)CCC4)C1. The summed E-state index contributed by atoms with van der Waals surface area (Å²) in [5, 5.41) is 1.16. The highest BCUT2D eigenvalue weighted by Gasteiger charge is 2.26. The summed E-state index contributed by atoms with van der Waals surface area (Å²) < 4.78 is 5.49. The number of likely N-dealkylation sites (tertiary alicyclic amines) is 1. The zero-order valence-corrected chi connectivity index (χ0v) is 14.2. The van der Waals surface area contributed by atoms with E-state index in [0.29, 0.717) is 0 Å². The molecule has 0 saturated carbocycles. The Hall–Kier alpha value is -1.61. The van der Waals surface area contributed by atoms with Gasteiger partial charge in [-0.25, -0.2) is 4.79 Å². The van der Waals surface area contributed by atoms with Gasteiger partial charge in [-0.05, 0) is 48.9 Å². The van der Waals surface area contributed by atoms with Gasteiger partial charge >= 0.3 is 5.63 Å². The van der Waals surface area contributed by atoms with Gasteiger partial charge in [-0.15, -0.1) is 0 Å². The summed E-state index contributed by atoms with van der Waals surface area (Å²) in [5.41, 5.74) is 4.56. The summed E-state index contributed by atoms with van der Waals surface area (Å²) in [6.45, 7) is 8.05. The van der Waals surface area contributed by atoms with Crippen molar-refractivity contribution < 1.29 is 9.32 Å². The standard InChI is InChI=1S/C20H25NO2/c1-13-6-14(2)11-21(10-13)12-17-9-20(22)23-19-8-16-5-3-4-15(16)7-18(17)19/h7-9,13-14H,3-6,10-12H2,1-2H3/p+1/t13-,14-/m1/s1. The predicted molar refractivity (Wildman–Crippen MR) is 91.9 cm³/mol. The van der Waals surface area contributed by atoms with Gasteiger partial charge in [0, 0.05) is 28.9 Å². The number of hydrogen-bond acceptors (Lipinski definition) is 2. The van der Waals surface area contributed by atoms with E-state index >= 15 is 0 Å². The van der Waals surface area contributed by atoms with E-state index < -0.39 is 0 Å². The zero-order chi connectivity index (χ0) is 16.0. The van der Waals surface area contributed by atoms with Gasteiger partial charge in [-0.2, -0.15) is 0 Å². The summed E-state index contributed by atoms with van der Waals surface area (Å²) in [6.07, 6.45) is 4.83. The second-order valence-corrected chi connectivity index (χ2v) is 7.84. The van der Waals surface area contributed by atoms with Crippen LogP contribution in [0.2, 0.25) is 0 Å². The molecule has 0 bridgehead atoms. The van der Waals surface area contributed by atoms with Crippen LogP contribution in [-0.4, -0.2) is 13.1 Å². The van der Waals surface area contributed by atoms with Crippen LogP contribution in [-0.2, 0) is 19.4 Å². The fourth-order valence-electron chi connectivity index (χ4n) is 4.78. The molecule has 1 fully saturated rings. The van der Waals surface area contributed by atoms with Crippen LogP contribution in [0.3, 0.4) is 0 Å². The Kier molecular flexibility index (Phi) is 3.76. The van der Waals surface area contributed by atoms with E-state index in [-0.39, 0.29) is 5.63 Å². The summed E-state index contributed by atoms with van der Waals surface area (Å²) >= 11 is 0. The Morgan fingerprint density at radius 3 is 2.52 bits per heavy atom.